The number of nitro groups is 1. The summed E-state index contributed by atoms with van der Waals surface area (Å²) >= 11 is 0. The topological polar surface area (TPSA) is 67.5 Å². The molecule has 0 aliphatic rings. The molecule has 2 rings (SSSR count). The first-order valence-electron chi connectivity index (χ1n) is 6.18. The van der Waals surface area contributed by atoms with Crippen molar-refractivity contribution in [1.82, 2.24) is 0 Å². The molecule has 0 spiro atoms. The summed E-state index contributed by atoms with van der Waals surface area (Å²) in [6, 6.07) is 14.2. The normalized spacial score (nSPS) is 11.2. The number of nitro benzene ring substituents is 1. The molecule has 5 nitrogen and oxygen atoms in total. The van der Waals surface area contributed by atoms with Gasteiger partial charge in [0.15, 0.2) is 0 Å². The van der Waals surface area contributed by atoms with Gasteiger partial charge in [0.2, 0.25) is 0 Å². The number of hydrogen-bond acceptors (Lipinski definition) is 4. The van der Waals surface area contributed by atoms with Crippen molar-refractivity contribution in [2.45, 2.75) is 13.8 Å². The molecule has 102 valence electrons. The molecule has 5 heteroatoms. The summed E-state index contributed by atoms with van der Waals surface area (Å²) in [6.45, 7) is 3.94. The van der Waals surface area contributed by atoms with Crippen LogP contribution in [-0.4, -0.2) is 10.6 Å². The minimum absolute atomic E-state index is 0.0648. The van der Waals surface area contributed by atoms with Gasteiger partial charge in [-0.15, -0.1) is 0 Å². The fourth-order valence-corrected chi connectivity index (χ4v) is 1.74. The van der Waals surface area contributed by atoms with E-state index in [4.69, 9.17) is 0 Å². The fraction of sp³-hybridized carbons (Fsp3) is 0.133. The first kappa shape index (κ1) is 13.7. The lowest BCUT2D eigenvalue weighted by Gasteiger charge is -2.04. The van der Waals surface area contributed by atoms with Crippen LogP contribution >= 0.6 is 0 Å². The van der Waals surface area contributed by atoms with Crippen LogP contribution in [0.4, 0.5) is 11.4 Å². The highest BCUT2D eigenvalue weighted by atomic mass is 16.6. The molecule has 0 fully saturated rings. The first-order chi connectivity index (χ1) is 9.56. The average molecular weight is 269 g/mol. The molecule has 0 atom stereocenters. The summed E-state index contributed by atoms with van der Waals surface area (Å²) in [5.41, 5.74) is 6.74. The van der Waals surface area contributed by atoms with Crippen LogP contribution in [-0.2, 0) is 0 Å². The maximum absolute atomic E-state index is 10.6. The van der Waals surface area contributed by atoms with Crippen molar-refractivity contribution in [3.8, 4) is 0 Å². The lowest BCUT2D eigenvalue weighted by molar-refractivity contribution is -0.384. The van der Waals surface area contributed by atoms with Crippen LogP contribution in [0.25, 0.3) is 0 Å². The van der Waals surface area contributed by atoms with E-state index in [9.17, 15) is 10.1 Å². The van der Waals surface area contributed by atoms with Gasteiger partial charge in [0.25, 0.3) is 5.69 Å². The molecule has 0 radical (unpaired) electrons. The van der Waals surface area contributed by atoms with E-state index in [-0.39, 0.29) is 5.69 Å². The molecule has 0 aliphatic heterocycles. The summed E-state index contributed by atoms with van der Waals surface area (Å²) in [5.74, 6) is 0. The zero-order chi connectivity index (χ0) is 14.5. The zero-order valence-electron chi connectivity index (χ0n) is 11.3. The van der Waals surface area contributed by atoms with Gasteiger partial charge in [0, 0.05) is 12.1 Å². The monoisotopic (exact) mass is 269 g/mol. The molecular weight excluding hydrogens is 254 g/mol. The van der Waals surface area contributed by atoms with E-state index in [2.05, 4.69) is 16.6 Å². The third-order valence-corrected chi connectivity index (χ3v) is 2.87. The van der Waals surface area contributed by atoms with E-state index in [1.54, 1.807) is 12.1 Å². The van der Waals surface area contributed by atoms with Gasteiger partial charge >= 0.3 is 0 Å². The Bertz CT molecular complexity index is 648. The second-order valence-corrected chi connectivity index (χ2v) is 4.48. The second kappa shape index (κ2) is 5.97. The largest absolute Gasteiger partial charge is 0.278 e. The van der Waals surface area contributed by atoms with Gasteiger partial charge in [-0.25, -0.2) is 0 Å². The first-order valence-corrected chi connectivity index (χ1v) is 6.18. The Balaban J connectivity index is 2.10. The molecule has 1 N–H and O–H groups in total. The Morgan fingerprint density at radius 1 is 1.20 bits per heavy atom. The van der Waals surface area contributed by atoms with Gasteiger partial charge in [-0.1, -0.05) is 29.8 Å². The number of hydrogen-bond donors (Lipinski definition) is 1. The zero-order valence-corrected chi connectivity index (χ0v) is 11.3. The van der Waals surface area contributed by atoms with E-state index in [1.807, 2.05) is 32.0 Å². The number of nitrogens with one attached hydrogen (secondary N) is 1. The number of aryl methyl sites for hydroxylation is 1. The van der Waals surface area contributed by atoms with Crippen molar-refractivity contribution in [1.29, 1.82) is 0 Å². The van der Waals surface area contributed by atoms with Gasteiger partial charge in [0.1, 0.15) is 0 Å². The van der Waals surface area contributed by atoms with E-state index < -0.39 is 4.92 Å². The van der Waals surface area contributed by atoms with E-state index >= 15 is 0 Å². The smallest absolute Gasteiger partial charge is 0.269 e. The molecule has 20 heavy (non-hydrogen) atoms. The highest BCUT2D eigenvalue weighted by Gasteiger charge is 2.03. The van der Waals surface area contributed by atoms with Crippen LogP contribution < -0.4 is 5.43 Å². The summed E-state index contributed by atoms with van der Waals surface area (Å²) < 4.78 is 0. The molecule has 0 aliphatic carbocycles. The van der Waals surface area contributed by atoms with E-state index in [0.717, 1.165) is 11.3 Å². The number of anilines is 1. The average Bonchev–Trinajstić information content (AvgIpc) is 2.45. The Morgan fingerprint density at radius 2 is 1.90 bits per heavy atom. The quantitative estimate of drug-likeness (QED) is 0.522. The maximum Gasteiger partial charge on any atom is 0.269 e. The number of rotatable bonds is 4. The van der Waals surface area contributed by atoms with Crippen molar-refractivity contribution < 1.29 is 4.92 Å². The molecule has 2 aromatic carbocycles. The Kier molecular flexibility index (Phi) is 4.10. The van der Waals surface area contributed by atoms with Gasteiger partial charge in [-0.3, -0.25) is 15.5 Å². The minimum Gasteiger partial charge on any atom is -0.278 e. The van der Waals surface area contributed by atoms with Crippen LogP contribution in [0.2, 0.25) is 0 Å². The molecular formula is C15H15N3O2. The molecule has 0 bridgehead atoms. The van der Waals surface area contributed by atoms with E-state index in [0.29, 0.717) is 5.69 Å². The standard InChI is InChI=1S/C15H15N3O2/c1-11-4-3-5-13(10-11)12(2)16-17-14-6-8-15(9-7-14)18(19)20/h3-10,17H,1-2H3/b16-12+. The van der Waals surface area contributed by atoms with Crippen LogP contribution in [0.5, 0.6) is 0 Å². The van der Waals surface area contributed by atoms with E-state index in [1.165, 1.54) is 17.7 Å². The number of nitrogens with zero attached hydrogens (tertiary/aromatic N) is 2. The van der Waals surface area contributed by atoms with Gasteiger partial charge < -0.3 is 0 Å². The lowest BCUT2D eigenvalue weighted by Crippen LogP contribution is -2.00. The van der Waals surface area contributed by atoms with Gasteiger partial charge in [0.05, 0.1) is 16.3 Å². The maximum atomic E-state index is 10.6. The van der Waals surface area contributed by atoms with Crippen LogP contribution in [0.15, 0.2) is 53.6 Å². The third-order valence-electron chi connectivity index (χ3n) is 2.87. The Hall–Kier alpha value is -2.69. The van der Waals surface area contributed by atoms with Crippen molar-refractivity contribution in [2.75, 3.05) is 5.43 Å². The Morgan fingerprint density at radius 3 is 2.50 bits per heavy atom. The molecule has 0 saturated heterocycles. The number of hydrazone groups is 1. The number of benzene rings is 2. The van der Waals surface area contributed by atoms with Gasteiger partial charge in [-0.2, -0.15) is 5.10 Å². The second-order valence-electron chi connectivity index (χ2n) is 4.48. The summed E-state index contributed by atoms with van der Waals surface area (Å²) in [5, 5.41) is 14.8. The summed E-state index contributed by atoms with van der Waals surface area (Å²) in [4.78, 5) is 10.1. The predicted octanol–water partition coefficient (Wildman–Crippen LogP) is 3.74. The fourth-order valence-electron chi connectivity index (χ4n) is 1.74. The summed E-state index contributed by atoms with van der Waals surface area (Å²) in [7, 11) is 0. The molecule has 0 amide bonds. The molecule has 2 aromatic rings. The molecule has 0 heterocycles. The Labute approximate surface area is 117 Å². The third kappa shape index (κ3) is 3.41. The van der Waals surface area contributed by atoms with Crippen molar-refractivity contribution in [3.63, 3.8) is 0 Å². The van der Waals surface area contributed by atoms with Crippen LogP contribution in [0, 0.1) is 17.0 Å². The highest BCUT2D eigenvalue weighted by molar-refractivity contribution is 5.99. The SMILES string of the molecule is C/C(=N\Nc1ccc([N+](=O)[O-])cc1)c1cccc(C)c1. The molecule has 0 aromatic heterocycles. The minimum atomic E-state index is -0.426. The summed E-state index contributed by atoms with van der Waals surface area (Å²) in [6.07, 6.45) is 0. The highest BCUT2D eigenvalue weighted by Crippen LogP contribution is 2.15. The lowest BCUT2D eigenvalue weighted by atomic mass is 10.1. The van der Waals surface area contributed by atoms with Crippen LogP contribution in [0.3, 0.4) is 0 Å². The van der Waals surface area contributed by atoms with Crippen molar-refractivity contribution >= 4 is 17.1 Å². The predicted molar refractivity (Wildman–Crippen MR) is 80.1 cm³/mol. The molecule has 0 unspecified atom stereocenters. The molecule has 0 saturated carbocycles. The van der Waals surface area contributed by atoms with Crippen molar-refractivity contribution in [2.24, 2.45) is 5.10 Å². The number of non-ortho nitro benzene ring substituents is 1. The van der Waals surface area contributed by atoms with Crippen molar-refractivity contribution in [3.05, 3.63) is 69.8 Å². The van der Waals surface area contributed by atoms with Crippen LogP contribution in [0.1, 0.15) is 18.1 Å². The van der Waals surface area contributed by atoms with Gasteiger partial charge in [-0.05, 0) is 31.5 Å².